The summed E-state index contributed by atoms with van der Waals surface area (Å²) in [5.74, 6) is -8.27. The fourth-order valence-electron chi connectivity index (χ4n) is 6.34. The Morgan fingerprint density at radius 1 is 0.609 bits per heavy atom. The zero-order valence-electron chi connectivity index (χ0n) is 26.7. The average molecular weight is 635 g/mol. The Morgan fingerprint density at radius 3 is 1.30 bits per heavy atom. The molecule has 2 aromatic carbocycles. The Bertz CT molecular complexity index is 1620. The molecule has 4 rings (SSSR count). The second-order valence-corrected chi connectivity index (χ2v) is 12.9. The lowest BCUT2D eigenvalue weighted by molar-refractivity contribution is -0.340. The number of hydroxylamine groups is 2. The maximum absolute atomic E-state index is 15.1. The van der Waals surface area contributed by atoms with Gasteiger partial charge in [-0.15, -0.1) is 0 Å². The molecule has 0 saturated carbocycles. The van der Waals surface area contributed by atoms with Gasteiger partial charge in [0.15, 0.2) is 0 Å². The van der Waals surface area contributed by atoms with Gasteiger partial charge in [-0.1, -0.05) is 65.8 Å². The smallest absolute Gasteiger partial charge is 0.315 e. The molecule has 2 aliphatic heterocycles. The number of fused-ring (bicyclic) bond motifs is 2. The van der Waals surface area contributed by atoms with E-state index in [1.165, 1.54) is 36.4 Å². The molecule has 0 N–H and O–H groups in total. The molecular formula is C32H34N4O10. The Morgan fingerprint density at radius 2 is 0.957 bits per heavy atom. The molecular weight excluding hydrogens is 600 g/mol. The van der Waals surface area contributed by atoms with Gasteiger partial charge in [0.05, 0.1) is 22.3 Å². The van der Waals surface area contributed by atoms with Crippen molar-refractivity contribution in [3.05, 3.63) is 70.8 Å². The fraction of sp³-hybridized carbons (Fsp3) is 0.375. The molecule has 0 unspecified atom stereocenters. The van der Waals surface area contributed by atoms with Crippen LogP contribution in [0.15, 0.2) is 48.5 Å². The molecule has 0 radical (unpaired) electrons. The molecule has 0 aromatic heterocycles. The lowest BCUT2D eigenvalue weighted by atomic mass is 9.58. The van der Waals surface area contributed by atoms with Crippen molar-refractivity contribution in [2.75, 3.05) is 6.54 Å². The van der Waals surface area contributed by atoms with Gasteiger partial charge < -0.3 is 9.68 Å². The second-order valence-electron chi connectivity index (χ2n) is 12.9. The van der Waals surface area contributed by atoms with E-state index in [1.54, 1.807) is 53.7 Å². The van der Waals surface area contributed by atoms with Gasteiger partial charge >= 0.3 is 23.8 Å². The maximum Gasteiger partial charge on any atom is 0.332 e. The maximum atomic E-state index is 15.1. The molecule has 0 fully saturated rings. The van der Waals surface area contributed by atoms with Gasteiger partial charge in [-0.3, -0.25) is 38.6 Å². The third-order valence-corrected chi connectivity index (χ3v) is 7.76. The molecule has 0 aliphatic carbocycles. The molecule has 46 heavy (non-hydrogen) atoms. The Labute approximate surface area is 264 Å². The van der Waals surface area contributed by atoms with Crippen molar-refractivity contribution in [1.82, 2.24) is 20.1 Å². The van der Waals surface area contributed by atoms with Gasteiger partial charge in [0, 0.05) is 13.8 Å². The van der Waals surface area contributed by atoms with Gasteiger partial charge in [-0.05, 0) is 45.4 Å². The zero-order valence-corrected chi connectivity index (χ0v) is 26.7. The van der Waals surface area contributed by atoms with Crippen LogP contribution in [0.2, 0.25) is 0 Å². The van der Waals surface area contributed by atoms with Crippen molar-refractivity contribution in [2.45, 2.75) is 60.9 Å². The summed E-state index contributed by atoms with van der Waals surface area (Å²) in [6.07, 6.45) is 0. The first-order valence-corrected chi connectivity index (χ1v) is 14.2. The van der Waals surface area contributed by atoms with E-state index in [0.29, 0.717) is 4.90 Å². The first-order chi connectivity index (χ1) is 21.3. The van der Waals surface area contributed by atoms with E-state index in [2.05, 4.69) is 0 Å². The van der Waals surface area contributed by atoms with Crippen LogP contribution >= 0.6 is 0 Å². The number of carbonyl (C=O) groups is 8. The molecule has 0 atom stereocenters. The molecule has 14 heteroatoms. The largest absolute Gasteiger partial charge is 0.332 e. The molecule has 2 heterocycles. The Hall–Kier alpha value is -5.40. The minimum atomic E-state index is -2.24. The van der Waals surface area contributed by atoms with E-state index >= 15 is 4.79 Å². The van der Waals surface area contributed by atoms with E-state index in [-0.39, 0.29) is 32.6 Å². The number of nitrogens with zero attached hydrogens (tertiary/aromatic N) is 4. The number of imide groups is 2. The summed E-state index contributed by atoms with van der Waals surface area (Å²) in [5.41, 5.74) is -4.83. The normalized spacial score (nSPS) is 14.6. The van der Waals surface area contributed by atoms with E-state index in [0.717, 1.165) is 18.7 Å². The van der Waals surface area contributed by atoms with Gasteiger partial charge in [-0.2, -0.15) is 0 Å². The van der Waals surface area contributed by atoms with E-state index in [1.807, 2.05) is 0 Å². The number of rotatable bonds is 4. The van der Waals surface area contributed by atoms with Crippen LogP contribution in [0.5, 0.6) is 0 Å². The van der Waals surface area contributed by atoms with Crippen molar-refractivity contribution >= 4 is 47.4 Å². The van der Waals surface area contributed by atoms with Crippen LogP contribution in [-0.4, -0.2) is 79.6 Å². The highest BCUT2D eigenvalue weighted by Gasteiger charge is 2.68. The standard InChI is InChI=1S/C32H34N4O10/c1-18(37)45-35(24(39)17-33-25(40)20-13-9-10-14-21(20)26(33)41)36(46-19(2)38)29(44)32(30(3,4)5,31(6,7)8)34-27(42)22-15-11-12-16-23(22)28(34)43/h9-16H,17H2,1-8H3. The van der Waals surface area contributed by atoms with Crippen molar-refractivity contribution in [2.24, 2.45) is 10.8 Å². The minimum absolute atomic E-state index is 0.0139. The number of benzene rings is 2. The van der Waals surface area contributed by atoms with Gasteiger partial charge in [0.25, 0.3) is 23.6 Å². The van der Waals surface area contributed by atoms with Crippen LogP contribution in [-0.2, 0) is 28.9 Å². The third kappa shape index (κ3) is 5.18. The summed E-state index contributed by atoms with van der Waals surface area (Å²) in [7, 11) is 0. The predicted molar refractivity (Wildman–Crippen MR) is 158 cm³/mol. The Balaban J connectivity index is 1.88. The van der Waals surface area contributed by atoms with Gasteiger partial charge in [-0.25, -0.2) is 9.59 Å². The van der Waals surface area contributed by atoms with E-state index in [9.17, 15) is 33.6 Å². The van der Waals surface area contributed by atoms with Crippen LogP contribution in [0.4, 0.5) is 0 Å². The number of hydrazine groups is 1. The molecule has 0 saturated heterocycles. The lowest BCUT2D eigenvalue weighted by Crippen LogP contribution is -2.75. The number of carbonyl (C=O) groups excluding carboxylic acids is 8. The highest BCUT2D eigenvalue weighted by Crippen LogP contribution is 2.52. The SMILES string of the molecule is CC(=O)ON(C(=O)CN1C(=O)c2ccccc2C1=O)N(OC(C)=O)C(=O)C(N1C(=O)c2ccccc2C1=O)(C(C)(C)C)C(C)(C)C. The molecule has 2 aromatic rings. The summed E-state index contributed by atoms with van der Waals surface area (Å²) in [6.45, 7) is 10.2. The van der Waals surface area contributed by atoms with E-state index in [4.69, 9.17) is 9.68 Å². The quantitative estimate of drug-likeness (QED) is 0.360. The van der Waals surface area contributed by atoms with Crippen molar-refractivity contribution < 1.29 is 48.0 Å². The monoisotopic (exact) mass is 634 g/mol. The number of hydrogen-bond donors (Lipinski definition) is 0. The van der Waals surface area contributed by atoms with Crippen LogP contribution in [0.1, 0.15) is 96.8 Å². The van der Waals surface area contributed by atoms with Gasteiger partial charge in [0.2, 0.25) is 0 Å². The molecule has 242 valence electrons. The van der Waals surface area contributed by atoms with Crippen LogP contribution < -0.4 is 0 Å². The van der Waals surface area contributed by atoms with Crippen molar-refractivity contribution in [1.29, 1.82) is 0 Å². The van der Waals surface area contributed by atoms with E-state index < -0.39 is 70.3 Å². The van der Waals surface area contributed by atoms with Crippen LogP contribution in [0, 0.1) is 10.8 Å². The lowest BCUT2D eigenvalue weighted by Gasteiger charge is -2.56. The first kappa shape index (κ1) is 33.5. The molecule has 2 aliphatic rings. The number of hydrogen-bond acceptors (Lipinski definition) is 10. The minimum Gasteiger partial charge on any atom is -0.315 e. The fourth-order valence-corrected chi connectivity index (χ4v) is 6.34. The third-order valence-electron chi connectivity index (χ3n) is 7.76. The highest BCUT2D eigenvalue weighted by molar-refractivity contribution is 6.24. The summed E-state index contributed by atoms with van der Waals surface area (Å²) in [6, 6.07) is 11.8. The summed E-state index contributed by atoms with van der Waals surface area (Å²) in [5, 5.41) is 0.0737. The summed E-state index contributed by atoms with van der Waals surface area (Å²) >= 11 is 0. The molecule has 0 bridgehead atoms. The average Bonchev–Trinajstić information content (AvgIpc) is 3.34. The van der Waals surface area contributed by atoms with Crippen molar-refractivity contribution in [3.63, 3.8) is 0 Å². The number of amides is 6. The summed E-state index contributed by atoms with van der Waals surface area (Å²) in [4.78, 5) is 119. The van der Waals surface area contributed by atoms with Crippen molar-refractivity contribution in [3.8, 4) is 0 Å². The summed E-state index contributed by atoms with van der Waals surface area (Å²) < 4.78 is 0. The highest BCUT2D eigenvalue weighted by atomic mass is 16.9. The van der Waals surface area contributed by atoms with Crippen LogP contribution in [0.25, 0.3) is 0 Å². The van der Waals surface area contributed by atoms with Gasteiger partial charge in [0.1, 0.15) is 12.1 Å². The predicted octanol–water partition coefficient (Wildman–Crippen LogP) is 2.94. The zero-order chi connectivity index (χ0) is 34.5. The van der Waals surface area contributed by atoms with Crippen LogP contribution in [0.3, 0.4) is 0 Å². The first-order valence-electron chi connectivity index (χ1n) is 14.2. The molecule has 14 nitrogen and oxygen atoms in total. The molecule has 6 amide bonds. The molecule has 0 spiro atoms. The Kier molecular flexibility index (Phi) is 8.38. The second kappa shape index (κ2) is 11.5. The topological polar surface area (TPSA) is 168 Å².